The highest BCUT2D eigenvalue weighted by atomic mass is 32.1. The van der Waals surface area contributed by atoms with Crippen molar-refractivity contribution in [3.8, 4) is 0 Å². The summed E-state index contributed by atoms with van der Waals surface area (Å²) in [5.74, 6) is -0.344. The van der Waals surface area contributed by atoms with Crippen LogP contribution in [0.5, 0.6) is 0 Å². The number of nitrogens with one attached hydrogen (secondary N) is 1. The number of hydrogen-bond donors (Lipinski definition) is 2. The molecule has 1 atom stereocenters. The Labute approximate surface area is 109 Å². The third-order valence-electron chi connectivity index (χ3n) is 3.24. The van der Waals surface area contributed by atoms with Gasteiger partial charge in [-0.2, -0.15) is 0 Å². The van der Waals surface area contributed by atoms with E-state index in [1.54, 1.807) is 0 Å². The molecule has 0 saturated carbocycles. The monoisotopic (exact) mass is 257 g/mol. The van der Waals surface area contributed by atoms with E-state index < -0.39 is 0 Å². The number of thiocarbonyl (C=S) groups is 1. The summed E-state index contributed by atoms with van der Waals surface area (Å²) in [5.41, 5.74) is 5.52. The van der Waals surface area contributed by atoms with Gasteiger partial charge in [-0.15, -0.1) is 0 Å². The van der Waals surface area contributed by atoms with Gasteiger partial charge in [0.15, 0.2) is 0 Å². The van der Waals surface area contributed by atoms with E-state index in [1.807, 2.05) is 6.92 Å². The lowest BCUT2D eigenvalue weighted by Crippen LogP contribution is -2.42. The van der Waals surface area contributed by atoms with Crippen LogP contribution in [0.4, 0.5) is 0 Å². The van der Waals surface area contributed by atoms with Gasteiger partial charge in [-0.25, -0.2) is 0 Å². The first-order chi connectivity index (χ1) is 8.15. The lowest BCUT2D eigenvalue weighted by Gasteiger charge is -2.26. The van der Waals surface area contributed by atoms with E-state index in [4.69, 9.17) is 18.0 Å². The zero-order valence-corrected chi connectivity index (χ0v) is 11.4. The number of carbonyl (C=O) groups excluding carboxylic acids is 1. The second kappa shape index (κ2) is 7.61. The molecule has 1 fully saturated rings. The Hall–Kier alpha value is -0.680. The Balaban J connectivity index is 2.20. The zero-order valence-electron chi connectivity index (χ0n) is 10.6. The summed E-state index contributed by atoms with van der Waals surface area (Å²) < 4.78 is 0. The van der Waals surface area contributed by atoms with Gasteiger partial charge in [0.1, 0.15) is 0 Å². The van der Waals surface area contributed by atoms with Crippen molar-refractivity contribution >= 4 is 23.1 Å². The fourth-order valence-electron chi connectivity index (χ4n) is 2.16. The van der Waals surface area contributed by atoms with Gasteiger partial charge in [0, 0.05) is 13.1 Å². The van der Waals surface area contributed by atoms with Crippen molar-refractivity contribution in [2.75, 3.05) is 26.2 Å². The highest BCUT2D eigenvalue weighted by Crippen LogP contribution is 2.07. The van der Waals surface area contributed by atoms with Crippen LogP contribution in [0.2, 0.25) is 0 Å². The van der Waals surface area contributed by atoms with Crippen LogP contribution in [-0.4, -0.2) is 42.0 Å². The Morgan fingerprint density at radius 2 is 2.06 bits per heavy atom. The molecule has 17 heavy (non-hydrogen) atoms. The molecular formula is C12H23N3OS. The molecule has 4 nitrogen and oxygen atoms in total. The minimum absolute atomic E-state index is 0.0305. The van der Waals surface area contributed by atoms with Gasteiger partial charge >= 0.3 is 0 Å². The summed E-state index contributed by atoms with van der Waals surface area (Å²) in [4.78, 5) is 14.4. The van der Waals surface area contributed by atoms with Crippen LogP contribution in [-0.2, 0) is 4.79 Å². The van der Waals surface area contributed by atoms with E-state index in [0.717, 1.165) is 19.6 Å². The molecule has 0 aromatic heterocycles. The molecule has 98 valence electrons. The number of likely N-dealkylation sites (tertiary alicyclic amines) is 1. The third kappa shape index (κ3) is 5.00. The number of piperidine rings is 1. The summed E-state index contributed by atoms with van der Waals surface area (Å²) >= 11 is 4.87. The van der Waals surface area contributed by atoms with Gasteiger partial charge in [-0.1, -0.05) is 25.6 Å². The van der Waals surface area contributed by atoms with Crippen molar-refractivity contribution in [2.24, 2.45) is 11.7 Å². The lowest BCUT2D eigenvalue weighted by molar-refractivity contribution is -0.123. The van der Waals surface area contributed by atoms with Crippen molar-refractivity contribution in [1.82, 2.24) is 10.2 Å². The van der Waals surface area contributed by atoms with Gasteiger partial charge < -0.3 is 16.0 Å². The number of carbonyl (C=O) groups is 1. The molecule has 1 aliphatic rings. The summed E-state index contributed by atoms with van der Waals surface area (Å²) in [7, 11) is 0. The normalized spacial score (nSPS) is 18.6. The van der Waals surface area contributed by atoms with Gasteiger partial charge in [0.2, 0.25) is 5.91 Å². The molecule has 0 aromatic carbocycles. The maximum Gasteiger partial charge on any atom is 0.229 e. The molecule has 1 heterocycles. The Morgan fingerprint density at radius 1 is 1.41 bits per heavy atom. The summed E-state index contributed by atoms with van der Waals surface area (Å²) in [6.07, 6.45) is 4.56. The number of rotatable bonds is 6. The van der Waals surface area contributed by atoms with Crippen LogP contribution in [0.3, 0.4) is 0 Å². The van der Waals surface area contributed by atoms with E-state index in [9.17, 15) is 4.79 Å². The molecule has 0 aromatic rings. The number of nitrogens with zero attached hydrogens (tertiary/aromatic N) is 1. The maximum atomic E-state index is 11.8. The molecule has 1 amide bonds. The number of amides is 1. The van der Waals surface area contributed by atoms with Crippen molar-refractivity contribution in [2.45, 2.75) is 32.6 Å². The Kier molecular flexibility index (Phi) is 6.44. The second-order valence-corrected chi connectivity index (χ2v) is 5.03. The molecule has 1 unspecified atom stereocenters. The molecule has 5 heteroatoms. The fourth-order valence-corrected chi connectivity index (χ4v) is 2.43. The zero-order chi connectivity index (χ0) is 12.7. The Bertz CT molecular complexity index is 264. The average Bonchev–Trinajstić information content (AvgIpc) is 2.30. The predicted molar refractivity (Wildman–Crippen MR) is 73.9 cm³/mol. The number of hydrogen-bond acceptors (Lipinski definition) is 3. The van der Waals surface area contributed by atoms with Crippen LogP contribution in [0.15, 0.2) is 0 Å². The van der Waals surface area contributed by atoms with Crippen LogP contribution in [0.25, 0.3) is 0 Å². The van der Waals surface area contributed by atoms with Gasteiger partial charge in [-0.3, -0.25) is 4.79 Å². The van der Waals surface area contributed by atoms with Crippen LogP contribution in [0, 0.1) is 5.92 Å². The fraction of sp³-hybridized carbons (Fsp3) is 0.833. The Morgan fingerprint density at radius 3 is 2.59 bits per heavy atom. The largest absolute Gasteiger partial charge is 0.393 e. The molecule has 0 aliphatic carbocycles. The van der Waals surface area contributed by atoms with Crippen molar-refractivity contribution < 1.29 is 4.79 Å². The molecule has 0 radical (unpaired) electrons. The molecule has 3 N–H and O–H groups in total. The molecule has 1 aliphatic heterocycles. The van der Waals surface area contributed by atoms with Crippen molar-refractivity contribution in [3.05, 3.63) is 0 Å². The van der Waals surface area contributed by atoms with E-state index >= 15 is 0 Å². The second-order valence-electron chi connectivity index (χ2n) is 4.56. The minimum Gasteiger partial charge on any atom is -0.393 e. The van der Waals surface area contributed by atoms with Gasteiger partial charge in [0.25, 0.3) is 0 Å². The van der Waals surface area contributed by atoms with Crippen molar-refractivity contribution in [1.29, 1.82) is 0 Å². The predicted octanol–water partition coefficient (Wildman–Crippen LogP) is 0.901. The minimum atomic E-state index is -0.314. The van der Waals surface area contributed by atoms with Crippen LogP contribution >= 0.6 is 12.2 Å². The van der Waals surface area contributed by atoms with Crippen LogP contribution in [0.1, 0.15) is 32.6 Å². The van der Waals surface area contributed by atoms with Gasteiger partial charge in [-0.05, 0) is 32.4 Å². The average molecular weight is 257 g/mol. The maximum absolute atomic E-state index is 11.8. The summed E-state index contributed by atoms with van der Waals surface area (Å²) in [6.45, 7) is 5.86. The topological polar surface area (TPSA) is 58.4 Å². The first kappa shape index (κ1) is 14.4. The standard InChI is InChI=1S/C12H23N3OS/c1-2-10(11(13)17)12(16)14-6-9-15-7-4-3-5-8-15/h10H,2-9H2,1H3,(H2,13,17)(H,14,16). The van der Waals surface area contributed by atoms with E-state index in [1.165, 1.54) is 19.3 Å². The quantitative estimate of drug-likeness (QED) is 0.694. The van der Waals surface area contributed by atoms with E-state index in [2.05, 4.69) is 10.2 Å². The van der Waals surface area contributed by atoms with E-state index in [-0.39, 0.29) is 11.8 Å². The summed E-state index contributed by atoms with van der Waals surface area (Å²) in [6, 6.07) is 0. The summed E-state index contributed by atoms with van der Waals surface area (Å²) in [5, 5.41) is 2.91. The highest BCUT2D eigenvalue weighted by molar-refractivity contribution is 7.80. The molecular weight excluding hydrogens is 234 g/mol. The van der Waals surface area contributed by atoms with Gasteiger partial charge in [0.05, 0.1) is 10.9 Å². The first-order valence-electron chi connectivity index (χ1n) is 6.44. The lowest BCUT2D eigenvalue weighted by atomic mass is 10.1. The SMILES string of the molecule is CCC(C(=O)NCCN1CCCCC1)C(N)=S. The smallest absolute Gasteiger partial charge is 0.229 e. The van der Waals surface area contributed by atoms with E-state index in [0.29, 0.717) is 18.0 Å². The molecule has 0 spiro atoms. The van der Waals surface area contributed by atoms with Crippen LogP contribution < -0.4 is 11.1 Å². The molecule has 1 saturated heterocycles. The molecule has 0 bridgehead atoms. The van der Waals surface area contributed by atoms with Crippen molar-refractivity contribution in [3.63, 3.8) is 0 Å². The number of nitrogens with two attached hydrogens (primary N) is 1. The molecule has 1 rings (SSSR count). The first-order valence-corrected chi connectivity index (χ1v) is 6.85. The highest BCUT2D eigenvalue weighted by Gasteiger charge is 2.19. The third-order valence-corrected chi connectivity index (χ3v) is 3.53.